The molecule has 258 valence electrons. The Labute approximate surface area is 305 Å². The summed E-state index contributed by atoms with van der Waals surface area (Å²) in [5.41, 5.74) is 10.3. The van der Waals surface area contributed by atoms with Gasteiger partial charge in [0.2, 0.25) is 0 Å². The molecule has 0 spiro atoms. The van der Waals surface area contributed by atoms with Gasteiger partial charge in [0.05, 0.1) is 39.8 Å². The Kier molecular flexibility index (Phi) is 10.1. The average molecular weight is 685 g/mol. The average Bonchev–Trinajstić information content (AvgIpc) is 3.23. The first-order chi connectivity index (χ1) is 25.6. The van der Waals surface area contributed by atoms with Gasteiger partial charge in [-0.1, -0.05) is 60.7 Å². The van der Waals surface area contributed by atoms with E-state index >= 15 is 0 Å². The van der Waals surface area contributed by atoms with Gasteiger partial charge in [-0.15, -0.1) is 0 Å². The molecule has 7 aromatic rings. The van der Waals surface area contributed by atoms with Crippen LogP contribution in [0.5, 0.6) is 23.0 Å². The normalized spacial score (nSPS) is 10.7. The van der Waals surface area contributed by atoms with E-state index in [9.17, 15) is 0 Å². The SMILES string of the molecule is COc1ccc(N(c2ccc(OC)cc2)c2ccc(N(c3ccc(OC)cc3)c3ccc(OC)cc3)c(-c3ccccc3)c2-c2ccccc2)cc1. The van der Waals surface area contributed by atoms with Crippen LogP contribution in [0.4, 0.5) is 34.1 Å². The lowest BCUT2D eigenvalue weighted by Gasteiger charge is -2.33. The van der Waals surface area contributed by atoms with Gasteiger partial charge in [0, 0.05) is 33.9 Å². The van der Waals surface area contributed by atoms with Crippen LogP contribution in [0.1, 0.15) is 0 Å². The Morgan fingerprint density at radius 1 is 0.288 bits per heavy atom. The van der Waals surface area contributed by atoms with E-state index in [1.165, 1.54) is 0 Å². The summed E-state index contributed by atoms with van der Waals surface area (Å²) in [6.07, 6.45) is 0. The minimum absolute atomic E-state index is 0.789. The van der Waals surface area contributed by atoms with Gasteiger partial charge in [-0.2, -0.15) is 0 Å². The van der Waals surface area contributed by atoms with Crippen molar-refractivity contribution in [2.24, 2.45) is 0 Å². The molecule has 52 heavy (non-hydrogen) atoms. The Balaban J connectivity index is 1.57. The Morgan fingerprint density at radius 2 is 0.538 bits per heavy atom. The van der Waals surface area contributed by atoms with E-state index in [1.807, 2.05) is 48.5 Å². The molecule has 0 radical (unpaired) electrons. The highest BCUT2D eigenvalue weighted by Gasteiger charge is 2.26. The van der Waals surface area contributed by atoms with Gasteiger partial charge in [0.1, 0.15) is 23.0 Å². The molecule has 0 saturated heterocycles. The molecule has 0 aromatic heterocycles. The number of hydrogen-bond acceptors (Lipinski definition) is 6. The van der Waals surface area contributed by atoms with Gasteiger partial charge < -0.3 is 28.7 Å². The molecule has 0 heterocycles. The molecule has 0 fully saturated rings. The highest BCUT2D eigenvalue weighted by molar-refractivity contribution is 6.04. The number of ether oxygens (including phenoxy) is 4. The van der Waals surface area contributed by atoms with Gasteiger partial charge in [-0.25, -0.2) is 0 Å². The van der Waals surface area contributed by atoms with Crippen molar-refractivity contribution < 1.29 is 18.9 Å². The van der Waals surface area contributed by atoms with Crippen LogP contribution >= 0.6 is 0 Å². The zero-order chi connectivity index (χ0) is 35.9. The van der Waals surface area contributed by atoms with Crippen LogP contribution in [-0.4, -0.2) is 28.4 Å². The van der Waals surface area contributed by atoms with Crippen LogP contribution in [0.3, 0.4) is 0 Å². The molecule has 0 aliphatic heterocycles. The highest BCUT2D eigenvalue weighted by atomic mass is 16.5. The number of rotatable bonds is 12. The number of nitrogens with zero attached hydrogens (tertiary/aromatic N) is 2. The lowest BCUT2D eigenvalue weighted by molar-refractivity contribution is 0.414. The first-order valence-electron chi connectivity index (χ1n) is 17.1. The summed E-state index contributed by atoms with van der Waals surface area (Å²) < 4.78 is 22.2. The minimum Gasteiger partial charge on any atom is -0.497 e. The van der Waals surface area contributed by atoms with Crippen LogP contribution in [0.2, 0.25) is 0 Å². The third-order valence-corrected chi connectivity index (χ3v) is 9.09. The fraction of sp³-hybridized carbons (Fsp3) is 0.0870. The Morgan fingerprint density at radius 3 is 0.769 bits per heavy atom. The zero-order valence-electron chi connectivity index (χ0n) is 29.7. The second kappa shape index (κ2) is 15.5. The van der Waals surface area contributed by atoms with Crippen LogP contribution in [0.25, 0.3) is 22.3 Å². The van der Waals surface area contributed by atoms with E-state index in [0.29, 0.717) is 0 Å². The predicted octanol–water partition coefficient (Wildman–Crippen LogP) is 12.0. The zero-order valence-corrected chi connectivity index (χ0v) is 29.7. The largest absolute Gasteiger partial charge is 0.497 e. The van der Waals surface area contributed by atoms with Crippen LogP contribution in [0, 0.1) is 0 Å². The van der Waals surface area contributed by atoms with Gasteiger partial charge >= 0.3 is 0 Å². The van der Waals surface area contributed by atoms with Crippen LogP contribution < -0.4 is 28.7 Å². The van der Waals surface area contributed by atoms with E-state index in [0.717, 1.165) is 79.4 Å². The van der Waals surface area contributed by atoms with Crippen LogP contribution in [-0.2, 0) is 0 Å². The summed E-state index contributed by atoms with van der Waals surface area (Å²) in [6.45, 7) is 0. The van der Waals surface area contributed by atoms with E-state index in [2.05, 4.69) is 131 Å². The number of methoxy groups -OCH3 is 4. The van der Waals surface area contributed by atoms with E-state index in [1.54, 1.807) is 28.4 Å². The van der Waals surface area contributed by atoms with Gasteiger partial charge in [-0.05, 0) is 120 Å². The fourth-order valence-electron chi connectivity index (χ4n) is 6.53. The van der Waals surface area contributed by atoms with Crippen molar-refractivity contribution in [2.75, 3.05) is 38.2 Å². The van der Waals surface area contributed by atoms with Gasteiger partial charge in [0.15, 0.2) is 0 Å². The monoisotopic (exact) mass is 684 g/mol. The van der Waals surface area contributed by atoms with Crippen molar-refractivity contribution in [3.63, 3.8) is 0 Å². The number of anilines is 6. The third kappa shape index (κ3) is 6.87. The lowest BCUT2D eigenvalue weighted by Crippen LogP contribution is -2.15. The van der Waals surface area contributed by atoms with Crippen LogP contribution in [0.15, 0.2) is 170 Å². The maximum absolute atomic E-state index is 5.56. The summed E-state index contributed by atoms with van der Waals surface area (Å²) in [5.74, 6) is 3.15. The molecule has 0 aliphatic rings. The molecule has 0 saturated carbocycles. The first kappa shape index (κ1) is 33.8. The van der Waals surface area contributed by atoms with E-state index in [-0.39, 0.29) is 0 Å². The summed E-state index contributed by atoms with van der Waals surface area (Å²) in [5, 5.41) is 0. The van der Waals surface area contributed by atoms with E-state index in [4.69, 9.17) is 18.9 Å². The molecule has 7 aromatic carbocycles. The number of benzene rings is 7. The Hall–Kier alpha value is -6.66. The van der Waals surface area contributed by atoms with Crippen molar-refractivity contribution in [3.8, 4) is 45.3 Å². The van der Waals surface area contributed by atoms with Crippen molar-refractivity contribution >= 4 is 34.1 Å². The predicted molar refractivity (Wildman–Crippen MR) is 213 cm³/mol. The summed E-state index contributed by atoms with van der Waals surface area (Å²) in [7, 11) is 6.75. The summed E-state index contributed by atoms with van der Waals surface area (Å²) >= 11 is 0. The topological polar surface area (TPSA) is 43.4 Å². The second-order valence-electron chi connectivity index (χ2n) is 12.0. The smallest absolute Gasteiger partial charge is 0.119 e. The molecule has 0 atom stereocenters. The summed E-state index contributed by atoms with van der Waals surface area (Å²) in [4.78, 5) is 4.59. The molecule has 0 aliphatic carbocycles. The molecule has 0 amide bonds. The van der Waals surface area contributed by atoms with E-state index < -0.39 is 0 Å². The maximum atomic E-state index is 5.56. The molecule has 7 rings (SSSR count). The van der Waals surface area contributed by atoms with Crippen molar-refractivity contribution in [2.45, 2.75) is 0 Å². The molecule has 6 nitrogen and oxygen atoms in total. The number of hydrogen-bond donors (Lipinski definition) is 0. The highest BCUT2D eigenvalue weighted by Crippen LogP contribution is 2.52. The molecular weight excluding hydrogens is 645 g/mol. The summed E-state index contributed by atoms with van der Waals surface area (Å²) in [6, 6.07) is 58.4. The maximum Gasteiger partial charge on any atom is 0.119 e. The standard InChI is InChI=1S/C46H40N2O4/c1-49-39-23-15-35(16-24-39)47(36-17-25-40(50-2)26-18-36)43-31-32-44(46(34-13-9-6-10-14-34)45(43)33-11-7-5-8-12-33)48(37-19-27-41(51-3)28-20-37)38-21-29-42(52-4)30-22-38/h5-32H,1-4H3. The molecular formula is C46H40N2O4. The molecule has 6 heteroatoms. The van der Waals surface area contributed by atoms with Crippen molar-refractivity contribution in [3.05, 3.63) is 170 Å². The van der Waals surface area contributed by atoms with Crippen molar-refractivity contribution in [1.82, 2.24) is 0 Å². The van der Waals surface area contributed by atoms with Crippen molar-refractivity contribution in [1.29, 1.82) is 0 Å². The third-order valence-electron chi connectivity index (χ3n) is 9.09. The van der Waals surface area contributed by atoms with Gasteiger partial charge in [0.25, 0.3) is 0 Å². The quantitative estimate of drug-likeness (QED) is 0.128. The lowest BCUT2D eigenvalue weighted by atomic mass is 9.89. The molecule has 0 bridgehead atoms. The molecule has 0 unspecified atom stereocenters. The molecule has 0 N–H and O–H groups in total. The fourth-order valence-corrected chi connectivity index (χ4v) is 6.53. The van der Waals surface area contributed by atoms with Gasteiger partial charge in [-0.3, -0.25) is 0 Å². The minimum atomic E-state index is 0.789. The Bertz CT molecular complexity index is 1950. The first-order valence-corrected chi connectivity index (χ1v) is 17.1. The second-order valence-corrected chi connectivity index (χ2v) is 12.0.